The van der Waals surface area contributed by atoms with E-state index >= 15 is 0 Å². The van der Waals surface area contributed by atoms with E-state index in [1.54, 1.807) is 0 Å². The molecule has 0 spiro atoms. The van der Waals surface area contributed by atoms with Crippen LogP contribution in [0.1, 0.15) is 46.0 Å². The minimum absolute atomic E-state index is 0.0430. The van der Waals surface area contributed by atoms with Gasteiger partial charge in [0.1, 0.15) is 5.78 Å². The second kappa shape index (κ2) is 3.89. The Hall–Kier alpha value is -0.370. The number of hydrogen-bond donors (Lipinski definition) is 1. The summed E-state index contributed by atoms with van der Waals surface area (Å²) >= 11 is 0. The third-order valence-corrected chi connectivity index (χ3v) is 4.77. The molecule has 0 aromatic rings. The van der Waals surface area contributed by atoms with Crippen molar-refractivity contribution in [1.82, 2.24) is 0 Å². The van der Waals surface area contributed by atoms with Crippen molar-refractivity contribution < 1.29 is 9.90 Å². The lowest BCUT2D eigenvalue weighted by atomic mass is 9.56. The van der Waals surface area contributed by atoms with Crippen molar-refractivity contribution in [2.75, 3.05) is 6.61 Å². The van der Waals surface area contributed by atoms with Crippen LogP contribution in [-0.4, -0.2) is 17.5 Å². The Morgan fingerprint density at radius 3 is 2.80 bits per heavy atom. The van der Waals surface area contributed by atoms with Crippen molar-refractivity contribution in [3.63, 3.8) is 0 Å². The number of fused-ring (bicyclic) bond motifs is 1. The van der Waals surface area contributed by atoms with Crippen molar-refractivity contribution in [2.45, 2.75) is 46.0 Å². The molecule has 0 amide bonds. The SMILES string of the molecule is C[C@H]1CC[C@H]2[C@@H](CCC(=O)[C@]2(C)CO)C1. The Morgan fingerprint density at radius 2 is 2.13 bits per heavy atom. The molecule has 1 N–H and O–H groups in total. The van der Waals surface area contributed by atoms with Crippen LogP contribution >= 0.6 is 0 Å². The molecule has 2 aliphatic rings. The molecule has 0 unspecified atom stereocenters. The summed E-state index contributed by atoms with van der Waals surface area (Å²) in [6.07, 6.45) is 5.36. The summed E-state index contributed by atoms with van der Waals surface area (Å²) < 4.78 is 0. The van der Waals surface area contributed by atoms with Crippen LogP contribution in [0.15, 0.2) is 0 Å². The van der Waals surface area contributed by atoms with Crippen molar-refractivity contribution in [1.29, 1.82) is 0 Å². The fraction of sp³-hybridized carbons (Fsp3) is 0.923. The largest absolute Gasteiger partial charge is 0.395 e. The van der Waals surface area contributed by atoms with Gasteiger partial charge in [0.2, 0.25) is 0 Å². The van der Waals surface area contributed by atoms with Crippen LogP contribution in [0.3, 0.4) is 0 Å². The Bertz CT molecular complexity index is 261. The number of ketones is 1. The van der Waals surface area contributed by atoms with E-state index in [9.17, 15) is 9.90 Å². The molecule has 0 aromatic carbocycles. The van der Waals surface area contributed by atoms with Gasteiger partial charge in [-0.15, -0.1) is 0 Å². The van der Waals surface area contributed by atoms with Gasteiger partial charge in [-0.3, -0.25) is 4.79 Å². The molecule has 2 rings (SSSR count). The fourth-order valence-electron chi connectivity index (χ4n) is 3.67. The molecule has 2 nitrogen and oxygen atoms in total. The Morgan fingerprint density at radius 1 is 1.40 bits per heavy atom. The minimum Gasteiger partial charge on any atom is -0.395 e. The van der Waals surface area contributed by atoms with Gasteiger partial charge in [-0.1, -0.05) is 20.3 Å². The second-order valence-corrected chi connectivity index (χ2v) is 5.82. The van der Waals surface area contributed by atoms with E-state index in [4.69, 9.17) is 0 Å². The van der Waals surface area contributed by atoms with Gasteiger partial charge in [0.25, 0.3) is 0 Å². The number of hydrogen-bond acceptors (Lipinski definition) is 2. The topological polar surface area (TPSA) is 37.3 Å². The predicted octanol–water partition coefficient (Wildman–Crippen LogP) is 2.40. The van der Waals surface area contributed by atoms with E-state index in [-0.39, 0.29) is 6.61 Å². The normalized spacial score (nSPS) is 46.3. The molecule has 0 heterocycles. The average Bonchev–Trinajstić information content (AvgIpc) is 2.23. The number of carbonyl (C=O) groups is 1. The monoisotopic (exact) mass is 210 g/mol. The van der Waals surface area contributed by atoms with Crippen molar-refractivity contribution >= 4 is 5.78 Å². The molecule has 4 atom stereocenters. The highest BCUT2D eigenvalue weighted by atomic mass is 16.3. The molecule has 0 saturated heterocycles. The van der Waals surface area contributed by atoms with Crippen LogP contribution < -0.4 is 0 Å². The van der Waals surface area contributed by atoms with E-state index in [0.29, 0.717) is 24.0 Å². The van der Waals surface area contributed by atoms with Crippen LogP contribution in [0.2, 0.25) is 0 Å². The standard InChI is InChI=1S/C13H22O2/c1-9-3-5-11-10(7-9)4-6-12(15)13(11,2)8-14/h9-11,14H,3-8H2,1-2H3/t9-,10-,11-,13+/m0/s1. The third kappa shape index (κ3) is 1.73. The first-order valence-corrected chi connectivity index (χ1v) is 6.22. The molecule has 0 aromatic heterocycles. The molecule has 0 bridgehead atoms. The second-order valence-electron chi connectivity index (χ2n) is 5.82. The van der Waals surface area contributed by atoms with Gasteiger partial charge in [0, 0.05) is 6.42 Å². The molecule has 2 heteroatoms. The lowest BCUT2D eigenvalue weighted by molar-refractivity contribution is -0.142. The van der Waals surface area contributed by atoms with Crippen LogP contribution in [0.25, 0.3) is 0 Å². The summed E-state index contributed by atoms with van der Waals surface area (Å²) in [7, 11) is 0. The highest BCUT2D eigenvalue weighted by Crippen LogP contribution is 2.49. The summed E-state index contributed by atoms with van der Waals surface area (Å²) in [5.74, 6) is 2.23. The number of aliphatic hydroxyl groups excluding tert-OH is 1. The lowest BCUT2D eigenvalue weighted by Crippen LogP contribution is -2.48. The molecule has 0 radical (unpaired) electrons. The highest BCUT2D eigenvalue weighted by molar-refractivity contribution is 5.85. The van der Waals surface area contributed by atoms with Crippen molar-refractivity contribution in [3.05, 3.63) is 0 Å². The van der Waals surface area contributed by atoms with Crippen LogP contribution in [0, 0.1) is 23.2 Å². The lowest BCUT2D eigenvalue weighted by Gasteiger charge is -2.47. The molecule has 2 aliphatic carbocycles. The maximum atomic E-state index is 11.9. The van der Waals surface area contributed by atoms with Crippen LogP contribution in [-0.2, 0) is 4.79 Å². The molecule has 2 saturated carbocycles. The summed E-state index contributed by atoms with van der Waals surface area (Å²) in [6, 6.07) is 0. The molecule has 86 valence electrons. The van der Waals surface area contributed by atoms with E-state index < -0.39 is 5.41 Å². The number of aliphatic hydroxyl groups is 1. The maximum Gasteiger partial charge on any atom is 0.141 e. The number of Topliss-reactive ketones (excluding diaryl/α,β-unsaturated/α-hetero) is 1. The zero-order valence-electron chi connectivity index (χ0n) is 9.83. The summed E-state index contributed by atoms with van der Waals surface area (Å²) in [6.45, 7) is 4.33. The Labute approximate surface area is 92.1 Å². The predicted molar refractivity (Wildman–Crippen MR) is 59.4 cm³/mol. The van der Waals surface area contributed by atoms with E-state index in [1.165, 1.54) is 12.8 Å². The number of rotatable bonds is 1. The minimum atomic E-state index is -0.428. The highest BCUT2D eigenvalue weighted by Gasteiger charge is 2.48. The van der Waals surface area contributed by atoms with Gasteiger partial charge >= 0.3 is 0 Å². The molecular formula is C13H22O2. The first-order valence-electron chi connectivity index (χ1n) is 6.22. The zero-order chi connectivity index (χ0) is 11.1. The van der Waals surface area contributed by atoms with E-state index in [2.05, 4.69) is 6.92 Å². The van der Waals surface area contributed by atoms with Crippen LogP contribution in [0.5, 0.6) is 0 Å². The van der Waals surface area contributed by atoms with Gasteiger partial charge < -0.3 is 5.11 Å². The van der Waals surface area contributed by atoms with Crippen molar-refractivity contribution in [3.8, 4) is 0 Å². The van der Waals surface area contributed by atoms with Gasteiger partial charge in [-0.2, -0.15) is 0 Å². The average molecular weight is 210 g/mol. The fourth-order valence-corrected chi connectivity index (χ4v) is 3.67. The molecule has 0 aliphatic heterocycles. The van der Waals surface area contributed by atoms with Gasteiger partial charge in [0.05, 0.1) is 12.0 Å². The molecule has 15 heavy (non-hydrogen) atoms. The van der Waals surface area contributed by atoms with Crippen molar-refractivity contribution in [2.24, 2.45) is 23.2 Å². The van der Waals surface area contributed by atoms with Crippen LogP contribution in [0.4, 0.5) is 0 Å². The molecular weight excluding hydrogens is 188 g/mol. The Kier molecular flexibility index (Phi) is 2.89. The van der Waals surface area contributed by atoms with E-state index in [1.807, 2.05) is 6.92 Å². The van der Waals surface area contributed by atoms with E-state index in [0.717, 1.165) is 18.8 Å². The number of carbonyl (C=O) groups excluding carboxylic acids is 1. The maximum absolute atomic E-state index is 11.9. The van der Waals surface area contributed by atoms with Gasteiger partial charge in [-0.25, -0.2) is 0 Å². The van der Waals surface area contributed by atoms with Gasteiger partial charge in [0.15, 0.2) is 0 Å². The smallest absolute Gasteiger partial charge is 0.141 e. The first kappa shape index (κ1) is 11.1. The first-order chi connectivity index (χ1) is 7.08. The quantitative estimate of drug-likeness (QED) is 0.721. The Balaban J connectivity index is 2.20. The third-order valence-electron chi connectivity index (χ3n) is 4.77. The summed E-state index contributed by atoms with van der Waals surface area (Å²) in [5, 5.41) is 9.50. The zero-order valence-corrected chi connectivity index (χ0v) is 9.83. The van der Waals surface area contributed by atoms with Gasteiger partial charge in [-0.05, 0) is 37.0 Å². The summed E-state index contributed by atoms with van der Waals surface area (Å²) in [5.41, 5.74) is -0.428. The molecule has 2 fully saturated rings. The summed E-state index contributed by atoms with van der Waals surface area (Å²) in [4.78, 5) is 11.9.